The molecule has 1 aliphatic rings. The number of H-pyrrole nitrogens is 1. The number of benzene rings is 1. The Morgan fingerprint density at radius 3 is 2.68 bits per heavy atom. The summed E-state index contributed by atoms with van der Waals surface area (Å²) >= 11 is 0. The molecule has 5 nitrogen and oxygen atoms in total. The number of aromatic amines is 1. The summed E-state index contributed by atoms with van der Waals surface area (Å²) in [5, 5.41) is 5.80. The Hall–Kier alpha value is -2.56. The molecule has 0 saturated heterocycles. The van der Waals surface area contributed by atoms with Crippen molar-refractivity contribution in [2.24, 2.45) is 5.92 Å². The Labute approximate surface area is 147 Å². The smallest absolute Gasteiger partial charge is 0.315 e. The quantitative estimate of drug-likeness (QED) is 0.783. The Balaban J connectivity index is 1.51. The summed E-state index contributed by atoms with van der Waals surface area (Å²) < 4.78 is 0. The molecule has 132 valence electrons. The fraction of sp³-hybridized carbons (Fsp3) is 0.400. The minimum absolute atomic E-state index is 0.0996. The fourth-order valence-electron chi connectivity index (χ4n) is 3.49. The lowest BCUT2D eigenvalue weighted by Gasteiger charge is -2.15. The molecular formula is C20H25N3O2. The van der Waals surface area contributed by atoms with Crippen molar-refractivity contribution in [3.63, 3.8) is 0 Å². The predicted octanol–water partition coefficient (Wildman–Crippen LogP) is 2.98. The fourth-order valence-corrected chi connectivity index (χ4v) is 3.49. The van der Waals surface area contributed by atoms with Crippen LogP contribution in [0.5, 0.6) is 0 Å². The van der Waals surface area contributed by atoms with Gasteiger partial charge in [0.2, 0.25) is 0 Å². The van der Waals surface area contributed by atoms with Crippen molar-refractivity contribution >= 4 is 6.03 Å². The monoisotopic (exact) mass is 339 g/mol. The molecule has 2 aromatic rings. The van der Waals surface area contributed by atoms with Gasteiger partial charge >= 0.3 is 6.03 Å². The van der Waals surface area contributed by atoms with Crippen LogP contribution >= 0.6 is 0 Å². The maximum absolute atomic E-state index is 12.2. The molecule has 0 spiro atoms. The number of urea groups is 1. The molecule has 1 fully saturated rings. The van der Waals surface area contributed by atoms with Gasteiger partial charge in [-0.1, -0.05) is 30.3 Å². The van der Waals surface area contributed by atoms with Crippen LogP contribution in [0.3, 0.4) is 0 Å². The van der Waals surface area contributed by atoms with Crippen molar-refractivity contribution in [2.45, 2.75) is 45.7 Å². The zero-order valence-electron chi connectivity index (χ0n) is 14.9. The Bertz CT molecular complexity index is 813. The molecule has 1 saturated carbocycles. The molecule has 3 atom stereocenters. The normalized spacial score (nSPS) is 20.0. The molecule has 3 rings (SSSR count). The largest absolute Gasteiger partial charge is 0.335 e. The minimum Gasteiger partial charge on any atom is -0.335 e. The van der Waals surface area contributed by atoms with Crippen LogP contribution in [-0.4, -0.2) is 17.1 Å². The predicted molar refractivity (Wildman–Crippen MR) is 98.7 cm³/mol. The molecule has 0 bridgehead atoms. The molecular weight excluding hydrogens is 314 g/mol. The van der Waals surface area contributed by atoms with Crippen molar-refractivity contribution in [2.75, 3.05) is 0 Å². The van der Waals surface area contributed by atoms with Crippen molar-refractivity contribution < 1.29 is 4.79 Å². The highest BCUT2D eigenvalue weighted by Crippen LogP contribution is 2.49. The van der Waals surface area contributed by atoms with Crippen LogP contribution in [0, 0.1) is 19.8 Å². The lowest BCUT2D eigenvalue weighted by Crippen LogP contribution is -2.42. The molecule has 2 amide bonds. The summed E-state index contributed by atoms with van der Waals surface area (Å²) in [5.41, 5.74) is 3.51. The summed E-state index contributed by atoms with van der Waals surface area (Å²) in [7, 11) is 0. The van der Waals surface area contributed by atoms with E-state index in [1.807, 2.05) is 32.9 Å². The summed E-state index contributed by atoms with van der Waals surface area (Å²) in [6.45, 7) is 6.00. The van der Waals surface area contributed by atoms with Gasteiger partial charge in [0, 0.05) is 17.3 Å². The van der Waals surface area contributed by atoms with E-state index in [1.165, 1.54) is 5.56 Å². The Morgan fingerprint density at radius 2 is 2.00 bits per heavy atom. The molecule has 0 unspecified atom stereocenters. The van der Waals surface area contributed by atoms with E-state index in [-0.39, 0.29) is 24.2 Å². The summed E-state index contributed by atoms with van der Waals surface area (Å²) in [6, 6.07) is 12.2. The SMILES string of the molecule is Cc1cc(C)c(CNC(=O)N[C@H](C)[C@@H]2C[C@@H]2c2ccccc2)c(=O)[nH]1. The van der Waals surface area contributed by atoms with Crippen LogP contribution in [-0.2, 0) is 6.54 Å². The number of hydrogen-bond donors (Lipinski definition) is 3. The summed E-state index contributed by atoms with van der Waals surface area (Å²) in [5.74, 6) is 0.997. The van der Waals surface area contributed by atoms with Gasteiger partial charge in [0.15, 0.2) is 0 Å². The molecule has 25 heavy (non-hydrogen) atoms. The van der Waals surface area contributed by atoms with E-state index in [0.29, 0.717) is 17.4 Å². The van der Waals surface area contributed by atoms with Crippen LogP contribution in [0.2, 0.25) is 0 Å². The van der Waals surface area contributed by atoms with Gasteiger partial charge in [-0.25, -0.2) is 4.79 Å². The van der Waals surface area contributed by atoms with E-state index < -0.39 is 0 Å². The van der Waals surface area contributed by atoms with Gasteiger partial charge in [0.25, 0.3) is 5.56 Å². The minimum atomic E-state index is -0.231. The molecule has 0 radical (unpaired) electrons. The third-order valence-corrected chi connectivity index (χ3v) is 4.99. The standard InChI is InChI=1S/C20H25N3O2/c1-12-9-13(2)22-19(24)18(12)11-21-20(25)23-14(3)16-10-17(16)15-7-5-4-6-8-15/h4-9,14,16-17H,10-11H2,1-3H3,(H,22,24)(H2,21,23,25)/t14-,16+,17-/m1/s1. The van der Waals surface area contributed by atoms with E-state index in [2.05, 4.69) is 39.9 Å². The van der Waals surface area contributed by atoms with Gasteiger partial charge in [-0.3, -0.25) is 4.79 Å². The topological polar surface area (TPSA) is 74.0 Å². The van der Waals surface area contributed by atoms with Gasteiger partial charge in [0.05, 0.1) is 6.54 Å². The van der Waals surface area contributed by atoms with Gasteiger partial charge in [0.1, 0.15) is 0 Å². The molecule has 1 aliphatic carbocycles. The van der Waals surface area contributed by atoms with Gasteiger partial charge < -0.3 is 15.6 Å². The van der Waals surface area contributed by atoms with E-state index in [1.54, 1.807) is 0 Å². The maximum atomic E-state index is 12.2. The highest BCUT2D eigenvalue weighted by Gasteiger charge is 2.42. The number of amides is 2. The first kappa shape index (κ1) is 17.3. The van der Waals surface area contributed by atoms with Crippen molar-refractivity contribution in [1.82, 2.24) is 15.6 Å². The lowest BCUT2D eigenvalue weighted by atomic mass is 10.1. The van der Waals surface area contributed by atoms with E-state index in [4.69, 9.17) is 0 Å². The first-order valence-corrected chi connectivity index (χ1v) is 8.74. The zero-order chi connectivity index (χ0) is 18.0. The summed E-state index contributed by atoms with van der Waals surface area (Å²) in [4.78, 5) is 26.9. The molecule has 1 aromatic heterocycles. The van der Waals surface area contributed by atoms with Gasteiger partial charge in [-0.15, -0.1) is 0 Å². The number of carbonyl (C=O) groups excluding carboxylic acids is 1. The third-order valence-electron chi connectivity index (χ3n) is 4.99. The number of rotatable bonds is 5. The number of hydrogen-bond acceptors (Lipinski definition) is 2. The maximum Gasteiger partial charge on any atom is 0.315 e. The first-order valence-electron chi connectivity index (χ1n) is 8.74. The van der Waals surface area contributed by atoms with Crippen LogP contribution in [0.25, 0.3) is 0 Å². The number of aromatic nitrogens is 1. The van der Waals surface area contributed by atoms with Crippen LogP contribution in [0.1, 0.15) is 41.6 Å². The highest BCUT2D eigenvalue weighted by molar-refractivity contribution is 5.74. The van der Waals surface area contributed by atoms with Crippen molar-refractivity contribution in [3.05, 3.63) is 69.1 Å². The zero-order valence-corrected chi connectivity index (χ0v) is 14.9. The molecule has 3 N–H and O–H groups in total. The van der Waals surface area contributed by atoms with Crippen LogP contribution in [0.4, 0.5) is 4.79 Å². The van der Waals surface area contributed by atoms with E-state index >= 15 is 0 Å². The van der Waals surface area contributed by atoms with Crippen LogP contribution < -0.4 is 16.2 Å². The average Bonchev–Trinajstić information content (AvgIpc) is 3.35. The van der Waals surface area contributed by atoms with Gasteiger partial charge in [-0.2, -0.15) is 0 Å². The number of carbonyl (C=O) groups is 1. The number of pyridine rings is 1. The second kappa shape index (κ2) is 7.13. The number of aryl methyl sites for hydroxylation is 2. The molecule has 5 heteroatoms. The van der Waals surface area contributed by atoms with Crippen LogP contribution in [0.15, 0.2) is 41.2 Å². The first-order chi connectivity index (χ1) is 12.0. The highest BCUT2D eigenvalue weighted by atomic mass is 16.2. The van der Waals surface area contributed by atoms with Crippen molar-refractivity contribution in [3.8, 4) is 0 Å². The average molecular weight is 339 g/mol. The molecule has 0 aliphatic heterocycles. The second-order valence-corrected chi connectivity index (χ2v) is 6.98. The Kier molecular flexibility index (Phi) is 4.93. The molecule has 1 heterocycles. The number of nitrogens with one attached hydrogen (secondary N) is 3. The van der Waals surface area contributed by atoms with Gasteiger partial charge in [-0.05, 0) is 56.2 Å². The van der Waals surface area contributed by atoms with E-state index in [0.717, 1.165) is 17.7 Å². The Morgan fingerprint density at radius 1 is 1.28 bits per heavy atom. The lowest BCUT2D eigenvalue weighted by molar-refractivity contribution is 0.236. The third kappa shape index (κ3) is 4.10. The summed E-state index contributed by atoms with van der Waals surface area (Å²) in [6.07, 6.45) is 1.10. The van der Waals surface area contributed by atoms with Crippen molar-refractivity contribution in [1.29, 1.82) is 0 Å². The second-order valence-electron chi connectivity index (χ2n) is 6.98. The van der Waals surface area contributed by atoms with E-state index in [9.17, 15) is 9.59 Å². The molecule has 1 aromatic carbocycles.